The Kier molecular flexibility index (Phi) is 7.79. The van der Waals surface area contributed by atoms with Crippen LogP contribution in [0, 0.1) is 6.92 Å². The number of likely N-dealkylation sites (tertiary alicyclic amines) is 1. The molecule has 1 atom stereocenters. The lowest BCUT2D eigenvalue weighted by Gasteiger charge is -2.25. The molecule has 1 aliphatic rings. The van der Waals surface area contributed by atoms with Crippen LogP contribution in [-0.4, -0.2) is 41.5 Å². The van der Waals surface area contributed by atoms with Crippen LogP contribution in [0.15, 0.2) is 48.0 Å². The molecule has 1 unspecified atom stereocenters. The molecule has 1 heterocycles. The number of Topliss-reactive ketones (excluding diaryl/α,β-unsaturated/α-hetero) is 1. The molecular formula is C27H33NO5. The fourth-order valence-corrected chi connectivity index (χ4v) is 4.11. The number of unbranched alkanes of at least 4 members (excludes halogenated alkanes) is 2. The number of aliphatic hydroxyl groups excluding tert-OH is 1. The predicted octanol–water partition coefficient (Wildman–Crippen LogP) is 5.40. The molecule has 6 nitrogen and oxygen atoms in total. The normalized spacial score (nSPS) is 17.6. The molecule has 1 amide bonds. The molecular weight excluding hydrogens is 418 g/mol. The first-order chi connectivity index (χ1) is 15.8. The molecule has 1 N–H and O–H groups in total. The molecule has 0 spiro atoms. The molecule has 1 aliphatic heterocycles. The zero-order chi connectivity index (χ0) is 24.1. The average Bonchev–Trinajstić information content (AvgIpc) is 3.05. The second-order valence-corrected chi connectivity index (χ2v) is 8.62. The number of aryl methyl sites for hydroxylation is 1. The number of carbonyl (C=O) groups is 2. The fourth-order valence-electron chi connectivity index (χ4n) is 4.11. The third kappa shape index (κ3) is 5.21. The van der Waals surface area contributed by atoms with Gasteiger partial charge >= 0.3 is 0 Å². The van der Waals surface area contributed by atoms with Crippen LogP contribution in [0.1, 0.15) is 62.8 Å². The van der Waals surface area contributed by atoms with Crippen LogP contribution in [0.4, 0.5) is 0 Å². The van der Waals surface area contributed by atoms with Gasteiger partial charge in [-0.3, -0.25) is 9.59 Å². The number of carbonyl (C=O) groups excluding carboxylic acids is 2. The van der Waals surface area contributed by atoms with Crippen LogP contribution in [0.5, 0.6) is 11.5 Å². The Bertz CT molecular complexity index is 1040. The molecule has 1 fully saturated rings. The van der Waals surface area contributed by atoms with E-state index in [1.165, 1.54) is 0 Å². The van der Waals surface area contributed by atoms with Crippen LogP contribution in [0.25, 0.3) is 5.76 Å². The van der Waals surface area contributed by atoms with Gasteiger partial charge in [0.1, 0.15) is 17.3 Å². The summed E-state index contributed by atoms with van der Waals surface area (Å²) in [5, 5.41) is 11.2. The van der Waals surface area contributed by atoms with Crippen molar-refractivity contribution in [3.05, 3.63) is 64.7 Å². The van der Waals surface area contributed by atoms with Gasteiger partial charge in [-0.05, 0) is 68.7 Å². The van der Waals surface area contributed by atoms with Gasteiger partial charge in [-0.1, -0.05) is 31.9 Å². The van der Waals surface area contributed by atoms with E-state index < -0.39 is 17.7 Å². The van der Waals surface area contributed by atoms with Gasteiger partial charge in [0.2, 0.25) is 0 Å². The standard InChI is InChI=1S/C27H33NO5/c1-6-7-8-15-28-24(19-9-12-21(32-5)13-10-19)23(26(30)27(28)31)25(29)20-11-14-22(18(4)16-20)33-17(2)3/h9-14,16-17,24,29H,6-8,15H2,1-5H3/b25-23-. The van der Waals surface area contributed by atoms with E-state index in [1.807, 2.05) is 32.9 Å². The number of ketones is 1. The Morgan fingerprint density at radius 1 is 1.09 bits per heavy atom. The second-order valence-electron chi connectivity index (χ2n) is 8.62. The SMILES string of the molecule is CCCCCN1C(=O)C(=O)/C(=C(\O)c2ccc(OC(C)C)c(C)c2)C1c1ccc(OC)cc1. The highest BCUT2D eigenvalue weighted by atomic mass is 16.5. The summed E-state index contributed by atoms with van der Waals surface area (Å²) in [5.41, 5.74) is 2.18. The van der Waals surface area contributed by atoms with E-state index in [0.29, 0.717) is 23.6 Å². The Labute approximate surface area is 195 Å². The van der Waals surface area contributed by atoms with Crippen LogP contribution in [0.3, 0.4) is 0 Å². The number of hydrogen-bond donors (Lipinski definition) is 1. The van der Waals surface area contributed by atoms with E-state index in [-0.39, 0.29) is 17.4 Å². The second kappa shape index (κ2) is 10.6. The monoisotopic (exact) mass is 451 g/mol. The van der Waals surface area contributed by atoms with Gasteiger partial charge in [-0.25, -0.2) is 0 Å². The number of amides is 1. The highest BCUT2D eigenvalue weighted by molar-refractivity contribution is 6.46. The van der Waals surface area contributed by atoms with Crippen molar-refractivity contribution in [1.82, 2.24) is 4.90 Å². The van der Waals surface area contributed by atoms with Gasteiger partial charge < -0.3 is 19.5 Å². The summed E-state index contributed by atoms with van der Waals surface area (Å²) in [5.74, 6) is -0.0207. The van der Waals surface area contributed by atoms with Crippen molar-refractivity contribution in [2.75, 3.05) is 13.7 Å². The molecule has 2 aromatic carbocycles. The first-order valence-electron chi connectivity index (χ1n) is 11.5. The van der Waals surface area contributed by atoms with Crippen LogP contribution < -0.4 is 9.47 Å². The maximum absolute atomic E-state index is 13.1. The van der Waals surface area contributed by atoms with Gasteiger partial charge in [0.05, 0.1) is 24.8 Å². The van der Waals surface area contributed by atoms with E-state index in [1.54, 1.807) is 42.3 Å². The molecule has 0 saturated carbocycles. The third-order valence-electron chi connectivity index (χ3n) is 5.79. The van der Waals surface area contributed by atoms with Crippen molar-refractivity contribution in [2.45, 2.75) is 59.1 Å². The zero-order valence-corrected chi connectivity index (χ0v) is 20.1. The van der Waals surface area contributed by atoms with Crippen LogP contribution in [-0.2, 0) is 9.59 Å². The zero-order valence-electron chi connectivity index (χ0n) is 20.1. The summed E-state index contributed by atoms with van der Waals surface area (Å²) in [6.07, 6.45) is 2.76. The Morgan fingerprint density at radius 3 is 2.36 bits per heavy atom. The van der Waals surface area contributed by atoms with Gasteiger partial charge in [-0.2, -0.15) is 0 Å². The molecule has 6 heteroatoms. The maximum Gasteiger partial charge on any atom is 0.295 e. The summed E-state index contributed by atoms with van der Waals surface area (Å²) < 4.78 is 11.0. The van der Waals surface area contributed by atoms with Crippen molar-refractivity contribution in [3.63, 3.8) is 0 Å². The molecule has 0 aromatic heterocycles. The average molecular weight is 452 g/mol. The lowest BCUT2D eigenvalue weighted by molar-refractivity contribution is -0.139. The summed E-state index contributed by atoms with van der Waals surface area (Å²) >= 11 is 0. The predicted molar refractivity (Wildman–Crippen MR) is 128 cm³/mol. The van der Waals surface area contributed by atoms with Crippen molar-refractivity contribution in [3.8, 4) is 11.5 Å². The minimum Gasteiger partial charge on any atom is -0.507 e. The largest absolute Gasteiger partial charge is 0.507 e. The van der Waals surface area contributed by atoms with Gasteiger partial charge in [0.25, 0.3) is 11.7 Å². The minimum atomic E-state index is -0.662. The van der Waals surface area contributed by atoms with E-state index >= 15 is 0 Å². The van der Waals surface area contributed by atoms with Gasteiger partial charge in [0.15, 0.2) is 0 Å². The maximum atomic E-state index is 13.1. The van der Waals surface area contributed by atoms with Crippen LogP contribution in [0.2, 0.25) is 0 Å². The lowest BCUT2D eigenvalue weighted by atomic mass is 9.94. The van der Waals surface area contributed by atoms with E-state index in [9.17, 15) is 14.7 Å². The Morgan fingerprint density at radius 2 is 1.79 bits per heavy atom. The molecule has 176 valence electrons. The Hall–Kier alpha value is -3.28. The van der Waals surface area contributed by atoms with Gasteiger partial charge in [-0.15, -0.1) is 0 Å². The fraction of sp³-hybridized carbons (Fsp3) is 0.407. The Balaban J connectivity index is 2.09. The first-order valence-corrected chi connectivity index (χ1v) is 11.5. The lowest BCUT2D eigenvalue weighted by Crippen LogP contribution is -2.30. The summed E-state index contributed by atoms with van der Waals surface area (Å²) in [4.78, 5) is 27.7. The summed E-state index contributed by atoms with van der Waals surface area (Å²) in [7, 11) is 1.58. The highest BCUT2D eigenvalue weighted by Crippen LogP contribution is 2.40. The van der Waals surface area contributed by atoms with Gasteiger partial charge in [0, 0.05) is 12.1 Å². The molecule has 0 bridgehead atoms. The number of ether oxygens (including phenoxy) is 2. The smallest absolute Gasteiger partial charge is 0.295 e. The van der Waals surface area contributed by atoms with Crippen molar-refractivity contribution >= 4 is 17.4 Å². The minimum absolute atomic E-state index is 0.0201. The van der Waals surface area contributed by atoms with E-state index in [4.69, 9.17) is 9.47 Å². The van der Waals surface area contributed by atoms with Crippen LogP contribution >= 0.6 is 0 Å². The molecule has 1 saturated heterocycles. The number of hydrogen-bond acceptors (Lipinski definition) is 5. The highest BCUT2D eigenvalue weighted by Gasteiger charge is 2.45. The molecule has 3 rings (SSSR count). The first kappa shape index (κ1) is 24.4. The quantitative estimate of drug-likeness (QED) is 0.239. The number of nitrogens with zero attached hydrogens (tertiary/aromatic N) is 1. The number of rotatable bonds is 9. The van der Waals surface area contributed by atoms with Crippen molar-refractivity contribution in [2.24, 2.45) is 0 Å². The van der Waals surface area contributed by atoms with E-state index in [0.717, 1.165) is 30.4 Å². The molecule has 0 aliphatic carbocycles. The number of aliphatic hydroxyl groups is 1. The summed E-state index contributed by atoms with van der Waals surface area (Å²) in [6, 6.07) is 11.9. The number of methoxy groups -OCH3 is 1. The molecule has 0 radical (unpaired) electrons. The third-order valence-corrected chi connectivity index (χ3v) is 5.79. The number of benzene rings is 2. The molecule has 2 aromatic rings. The topological polar surface area (TPSA) is 76.1 Å². The summed E-state index contributed by atoms with van der Waals surface area (Å²) in [6.45, 7) is 8.32. The molecule has 33 heavy (non-hydrogen) atoms. The van der Waals surface area contributed by atoms with Crippen molar-refractivity contribution < 1.29 is 24.2 Å². The van der Waals surface area contributed by atoms with E-state index in [2.05, 4.69) is 6.92 Å². The van der Waals surface area contributed by atoms with Crippen molar-refractivity contribution in [1.29, 1.82) is 0 Å².